The van der Waals surface area contributed by atoms with Gasteiger partial charge in [0.05, 0.1) is 24.5 Å². The first-order valence-corrected chi connectivity index (χ1v) is 11.6. The number of imidazole rings is 1. The topological polar surface area (TPSA) is 105 Å². The van der Waals surface area contributed by atoms with Crippen LogP contribution in [0.15, 0.2) is 18.3 Å². The molecule has 1 aromatic carbocycles. The number of carbonyl (C=O) groups is 2. The van der Waals surface area contributed by atoms with Crippen molar-refractivity contribution in [2.45, 2.75) is 56.5 Å². The number of rotatable bonds is 6. The SMILES string of the molecule is NC(CC(=O)N1CCn2c(cnc2C(F)(F)F)[C@@H]1C(=O)N1CCC[C@H]1CO)Cc1cc(F)c(F)cc1F. The fourth-order valence-electron chi connectivity index (χ4n) is 4.98. The van der Waals surface area contributed by atoms with Gasteiger partial charge in [0.15, 0.2) is 17.7 Å². The van der Waals surface area contributed by atoms with Crippen molar-refractivity contribution in [2.75, 3.05) is 19.7 Å². The Morgan fingerprint density at radius 3 is 2.46 bits per heavy atom. The van der Waals surface area contributed by atoms with Crippen LogP contribution in [0.25, 0.3) is 0 Å². The maximum Gasteiger partial charge on any atom is 0.449 e. The molecule has 3 N–H and O–H groups in total. The summed E-state index contributed by atoms with van der Waals surface area (Å²) in [5.41, 5.74) is 5.62. The zero-order valence-electron chi connectivity index (χ0n) is 19.5. The molecule has 37 heavy (non-hydrogen) atoms. The summed E-state index contributed by atoms with van der Waals surface area (Å²) >= 11 is 0. The van der Waals surface area contributed by atoms with Gasteiger partial charge in [0.25, 0.3) is 5.91 Å². The Balaban J connectivity index is 1.60. The second-order valence-corrected chi connectivity index (χ2v) is 9.18. The summed E-state index contributed by atoms with van der Waals surface area (Å²) in [4.78, 5) is 32.7. The van der Waals surface area contributed by atoms with Crippen LogP contribution in [0.4, 0.5) is 26.3 Å². The van der Waals surface area contributed by atoms with Crippen LogP contribution in [0.2, 0.25) is 0 Å². The van der Waals surface area contributed by atoms with Crippen LogP contribution in [-0.2, 0) is 28.7 Å². The summed E-state index contributed by atoms with van der Waals surface area (Å²) in [6.45, 7) is -0.621. The number of halogens is 6. The first-order chi connectivity index (χ1) is 17.4. The number of likely N-dealkylation sites (tertiary alicyclic amines) is 1. The first-order valence-electron chi connectivity index (χ1n) is 11.6. The second kappa shape index (κ2) is 10.3. The van der Waals surface area contributed by atoms with Crippen molar-refractivity contribution < 1.29 is 41.0 Å². The largest absolute Gasteiger partial charge is 0.449 e. The van der Waals surface area contributed by atoms with E-state index in [1.54, 1.807) is 0 Å². The summed E-state index contributed by atoms with van der Waals surface area (Å²) < 4.78 is 82.1. The van der Waals surface area contributed by atoms with Crippen LogP contribution in [0.3, 0.4) is 0 Å². The number of amides is 2. The molecule has 0 radical (unpaired) electrons. The third-order valence-corrected chi connectivity index (χ3v) is 6.73. The molecule has 8 nitrogen and oxygen atoms in total. The number of hydrogen-bond donors (Lipinski definition) is 2. The molecule has 1 unspecified atom stereocenters. The van der Waals surface area contributed by atoms with E-state index in [1.165, 1.54) is 4.90 Å². The number of fused-ring (bicyclic) bond motifs is 1. The Hall–Kier alpha value is -3.13. The number of alkyl halides is 3. The number of nitrogens with zero attached hydrogens (tertiary/aromatic N) is 4. The second-order valence-electron chi connectivity index (χ2n) is 9.18. The lowest BCUT2D eigenvalue weighted by Gasteiger charge is -2.39. The molecule has 1 saturated heterocycles. The highest BCUT2D eigenvalue weighted by Gasteiger charge is 2.46. The number of benzene rings is 1. The summed E-state index contributed by atoms with van der Waals surface area (Å²) in [5, 5.41) is 9.64. The number of nitrogens with two attached hydrogens (primary N) is 1. The minimum Gasteiger partial charge on any atom is -0.394 e. The van der Waals surface area contributed by atoms with Crippen molar-refractivity contribution in [1.29, 1.82) is 0 Å². The van der Waals surface area contributed by atoms with E-state index in [1.807, 2.05) is 0 Å². The Kier molecular flexibility index (Phi) is 7.51. The van der Waals surface area contributed by atoms with Crippen LogP contribution >= 0.6 is 0 Å². The minimum atomic E-state index is -4.78. The van der Waals surface area contributed by atoms with E-state index < -0.39 is 65.8 Å². The van der Waals surface area contributed by atoms with Crippen molar-refractivity contribution in [3.8, 4) is 0 Å². The molecule has 2 aromatic rings. The average molecular weight is 533 g/mol. The van der Waals surface area contributed by atoms with Crippen molar-refractivity contribution in [3.05, 3.63) is 52.9 Å². The summed E-state index contributed by atoms with van der Waals surface area (Å²) in [6, 6.07) is -2.03. The van der Waals surface area contributed by atoms with Gasteiger partial charge in [-0.05, 0) is 30.9 Å². The minimum absolute atomic E-state index is 0.124. The lowest BCUT2D eigenvalue weighted by molar-refractivity contribution is -0.152. The van der Waals surface area contributed by atoms with Gasteiger partial charge in [-0.2, -0.15) is 13.2 Å². The molecule has 0 aliphatic carbocycles. The first kappa shape index (κ1) is 26.9. The molecule has 2 aliphatic rings. The zero-order valence-corrected chi connectivity index (χ0v) is 19.5. The third-order valence-electron chi connectivity index (χ3n) is 6.73. The Morgan fingerprint density at radius 1 is 1.08 bits per heavy atom. The maximum atomic E-state index is 14.0. The maximum absolute atomic E-state index is 14.0. The monoisotopic (exact) mass is 533 g/mol. The zero-order chi connectivity index (χ0) is 27.1. The van der Waals surface area contributed by atoms with Gasteiger partial charge in [-0.3, -0.25) is 9.59 Å². The van der Waals surface area contributed by atoms with E-state index in [2.05, 4.69) is 4.98 Å². The van der Waals surface area contributed by atoms with E-state index >= 15 is 0 Å². The van der Waals surface area contributed by atoms with Gasteiger partial charge in [0.1, 0.15) is 5.82 Å². The van der Waals surface area contributed by atoms with Gasteiger partial charge in [-0.15, -0.1) is 0 Å². The van der Waals surface area contributed by atoms with Gasteiger partial charge in [0.2, 0.25) is 11.7 Å². The fourth-order valence-corrected chi connectivity index (χ4v) is 4.98. The van der Waals surface area contributed by atoms with Gasteiger partial charge in [-0.25, -0.2) is 18.2 Å². The van der Waals surface area contributed by atoms with Crippen molar-refractivity contribution in [1.82, 2.24) is 19.4 Å². The van der Waals surface area contributed by atoms with Crippen molar-refractivity contribution in [3.63, 3.8) is 0 Å². The predicted octanol–water partition coefficient (Wildman–Crippen LogP) is 2.15. The van der Waals surface area contributed by atoms with E-state index in [9.17, 15) is 41.0 Å². The predicted molar refractivity (Wildman–Crippen MR) is 116 cm³/mol. The Labute approximate surface area is 207 Å². The highest BCUT2D eigenvalue weighted by atomic mass is 19.4. The van der Waals surface area contributed by atoms with Crippen LogP contribution < -0.4 is 5.73 Å². The average Bonchev–Trinajstić information content (AvgIpc) is 3.48. The summed E-state index contributed by atoms with van der Waals surface area (Å²) in [5.74, 6) is -6.24. The summed E-state index contributed by atoms with van der Waals surface area (Å²) in [6.07, 6.45) is -3.56. The standard InChI is InChI=1S/C23H25F6N5O3/c24-15-9-17(26)16(25)7-12(15)6-13(30)8-19(36)34-5-4-33-18(10-31-22(33)23(27,28)29)20(34)21(37)32-3-1-2-14(32)11-35/h7,9-10,13-14,20,35H,1-6,8,11,30H2/t13?,14-,20+/m0/s1. The van der Waals surface area contributed by atoms with Gasteiger partial charge >= 0.3 is 6.18 Å². The van der Waals surface area contributed by atoms with Gasteiger partial charge in [0, 0.05) is 38.2 Å². The third kappa shape index (κ3) is 5.30. The molecule has 1 fully saturated rings. The van der Waals surface area contributed by atoms with Crippen LogP contribution in [-0.4, -0.2) is 68.1 Å². The summed E-state index contributed by atoms with van der Waals surface area (Å²) in [7, 11) is 0. The molecule has 14 heteroatoms. The Morgan fingerprint density at radius 2 is 1.78 bits per heavy atom. The van der Waals surface area contributed by atoms with E-state index in [0.29, 0.717) is 25.0 Å². The van der Waals surface area contributed by atoms with E-state index in [-0.39, 0.29) is 43.9 Å². The molecule has 3 heterocycles. The van der Waals surface area contributed by atoms with Crippen LogP contribution in [0, 0.1) is 17.5 Å². The molecule has 2 amide bonds. The molecule has 2 aliphatic heterocycles. The number of aliphatic hydroxyl groups excluding tert-OH is 1. The number of aliphatic hydroxyl groups is 1. The molecule has 0 spiro atoms. The van der Waals surface area contributed by atoms with Crippen LogP contribution in [0.1, 0.15) is 42.4 Å². The highest BCUT2D eigenvalue weighted by Crippen LogP contribution is 2.36. The molecule has 3 atom stereocenters. The lowest BCUT2D eigenvalue weighted by atomic mass is 10.0. The van der Waals surface area contributed by atoms with E-state index in [4.69, 9.17) is 5.73 Å². The normalized spacial score (nSPS) is 20.8. The number of hydrogen-bond acceptors (Lipinski definition) is 5. The molecule has 4 rings (SSSR count). The van der Waals surface area contributed by atoms with Crippen molar-refractivity contribution >= 4 is 11.8 Å². The quantitative estimate of drug-likeness (QED) is 0.438. The molecule has 0 bridgehead atoms. The van der Waals surface area contributed by atoms with Gasteiger partial charge in [-0.1, -0.05) is 0 Å². The highest BCUT2D eigenvalue weighted by molar-refractivity contribution is 5.89. The fraction of sp³-hybridized carbons (Fsp3) is 0.522. The molecule has 0 saturated carbocycles. The van der Waals surface area contributed by atoms with E-state index in [0.717, 1.165) is 15.7 Å². The van der Waals surface area contributed by atoms with Crippen molar-refractivity contribution in [2.24, 2.45) is 5.73 Å². The lowest BCUT2D eigenvalue weighted by Crippen LogP contribution is -2.52. The molecular formula is C23H25F6N5O3. The Bertz CT molecular complexity index is 1190. The van der Waals surface area contributed by atoms with Gasteiger partial charge < -0.3 is 25.2 Å². The van der Waals surface area contributed by atoms with Crippen LogP contribution in [0.5, 0.6) is 0 Å². The molecule has 202 valence electrons. The molecule has 1 aromatic heterocycles. The molecular weight excluding hydrogens is 508 g/mol. The smallest absolute Gasteiger partial charge is 0.394 e. The number of aromatic nitrogens is 2. The number of carbonyl (C=O) groups excluding carboxylic acids is 2.